The van der Waals surface area contributed by atoms with Crippen LogP contribution in [0.1, 0.15) is 32.1 Å². The molecule has 0 nitrogen and oxygen atoms in total. The lowest BCUT2D eigenvalue weighted by atomic mass is 10.2. The van der Waals surface area contributed by atoms with Crippen LogP contribution in [0.15, 0.2) is 48.6 Å². The van der Waals surface area contributed by atoms with Crippen molar-refractivity contribution in [3.63, 3.8) is 0 Å². The lowest BCUT2D eigenvalue weighted by Gasteiger charge is -1.91. The topological polar surface area (TPSA) is 0 Å². The molecule has 0 aromatic rings. The number of hydrogen-bond acceptors (Lipinski definition) is 0. The summed E-state index contributed by atoms with van der Waals surface area (Å²) in [5, 5.41) is 0. The summed E-state index contributed by atoms with van der Waals surface area (Å²) in [5.74, 6) is 0. The Morgan fingerprint density at radius 3 is 2.36 bits per heavy atom. The number of allylic oxidation sites excluding steroid dienone is 8. The summed E-state index contributed by atoms with van der Waals surface area (Å²) in [5.41, 5.74) is 0. The van der Waals surface area contributed by atoms with E-state index in [1.165, 1.54) is 19.3 Å². The van der Waals surface area contributed by atoms with Crippen LogP contribution >= 0.6 is 0 Å². The van der Waals surface area contributed by atoms with Crippen LogP contribution in [0.3, 0.4) is 0 Å². The van der Waals surface area contributed by atoms with Crippen molar-refractivity contribution >= 4 is 0 Å². The predicted octanol–water partition coefficient (Wildman–Crippen LogP) is 4.38. The Morgan fingerprint density at radius 2 is 1.36 bits per heavy atom. The molecule has 0 heteroatoms. The summed E-state index contributed by atoms with van der Waals surface area (Å²) < 4.78 is 0. The standard InChI is InChI=1S/C14H19/c1-2-4-6-8-10-12-14-13-11-9-7-5-3-1/h1-5,8,10,13-14H,6-7,9,11-12H2/b2-1+,5-3-,10-8+,14-13+. The second-order valence-electron chi connectivity index (χ2n) is 3.39. The molecule has 14 heavy (non-hydrogen) atoms. The molecule has 0 saturated carbocycles. The smallest absolute Gasteiger partial charge is 0.0130 e. The molecule has 0 saturated heterocycles. The largest absolute Gasteiger partial charge is 0.0882 e. The molecular weight excluding hydrogens is 168 g/mol. The van der Waals surface area contributed by atoms with Gasteiger partial charge in [-0.15, -0.1) is 0 Å². The third-order valence-electron chi connectivity index (χ3n) is 2.11. The maximum atomic E-state index is 2.28. The first kappa shape index (κ1) is 11.0. The van der Waals surface area contributed by atoms with Gasteiger partial charge in [0.05, 0.1) is 0 Å². The van der Waals surface area contributed by atoms with Crippen LogP contribution in [0.2, 0.25) is 0 Å². The van der Waals surface area contributed by atoms with Gasteiger partial charge in [-0.2, -0.15) is 0 Å². The van der Waals surface area contributed by atoms with E-state index in [4.69, 9.17) is 0 Å². The number of rotatable bonds is 0. The molecule has 0 unspecified atom stereocenters. The van der Waals surface area contributed by atoms with Gasteiger partial charge in [0.1, 0.15) is 0 Å². The highest BCUT2D eigenvalue weighted by Gasteiger charge is 1.81. The molecule has 0 amide bonds. The van der Waals surface area contributed by atoms with Crippen molar-refractivity contribution in [2.75, 3.05) is 0 Å². The van der Waals surface area contributed by atoms with Crippen LogP contribution in [-0.4, -0.2) is 0 Å². The lowest BCUT2D eigenvalue weighted by molar-refractivity contribution is 0.866. The lowest BCUT2D eigenvalue weighted by Crippen LogP contribution is -1.71. The van der Waals surface area contributed by atoms with E-state index in [1.54, 1.807) is 0 Å². The van der Waals surface area contributed by atoms with Gasteiger partial charge < -0.3 is 0 Å². The highest BCUT2D eigenvalue weighted by Crippen LogP contribution is 2.01. The van der Waals surface area contributed by atoms with Crippen molar-refractivity contribution in [1.82, 2.24) is 0 Å². The van der Waals surface area contributed by atoms with Gasteiger partial charge in [0.15, 0.2) is 0 Å². The highest BCUT2D eigenvalue weighted by molar-refractivity contribution is 5.09. The fourth-order valence-electron chi connectivity index (χ4n) is 1.31. The Balaban J connectivity index is 2.34. The molecule has 0 atom stereocenters. The van der Waals surface area contributed by atoms with Gasteiger partial charge >= 0.3 is 0 Å². The van der Waals surface area contributed by atoms with E-state index < -0.39 is 0 Å². The fourth-order valence-corrected chi connectivity index (χ4v) is 1.31. The molecular formula is C14H19. The molecule has 0 heterocycles. The van der Waals surface area contributed by atoms with Gasteiger partial charge in [-0.1, -0.05) is 48.6 Å². The van der Waals surface area contributed by atoms with Crippen molar-refractivity contribution in [2.45, 2.75) is 32.1 Å². The molecule has 0 aromatic carbocycles. The van der Waals surface area contributed by atoms with Crippen molar-refractivity contribution in [3.8, 4) is 0 Å². The van der Waals surface area contributed by atoms with Crippen LogP contribution in [0.4, 0.5) is 0 Å². The Bertz CT molecular complexity index is 228. The summed E-state index contributed by atoms with van der Waals surface area (Å²) in [6.07, 6.45) is 25.5. The van der Waals surface area contributed by atoms with Crippen LogP contribution in [0.25, 0.3) is 0 Å². The van der Waals surface area contributed by atoms with Gasteiger partial charge in [0.2, 0.25) is 0 Å². The molecule has 0 aromatic heterocycles. The molecule has 75 valence electrons. The zero-order valence-electron chi connectivity index (χ0n) is 8.73. The van der Waals surface area contributed by atoms with E-state index in [0.717, 1.165) is 12.8 Å². The molecule has 0 aliphatic heterocycles. The van der Waals surface area contributed by atoms with Crippen LogP contribution < -0.4 is 0 Å². The Labute approximate surface area is 87.7 Å². The minimum absolute atomic E-state index is 1.04. The Kier molecular flexibility index (Phi) is 6.74. The third kappa shape index (κ3) is 6.47. The molecule has 1 aliphatic carbocycles. The monoisotopic (exact) mass is 187 g/mol. The van der Waals surface area contributed by atoms with Gasteiger partial charge in [-0.3, -0.25) is 0 Å². The van der Waals surface area contributed by atoms with Gasteiger partial charge in [-0.25, -0.2) is 0 Å². The summed E-state index contributed by atoms with van der Waals surface area (Å²) >= 11 is 0. The summed E-state index contributed by atoms with van der Waals surface area (Å²) in [7, 11) is 0. The first-order valence-electron chi connectivity index (χ1n) is 5.45. The van der Waals surface area contributed by atoms with Crippen LogP contribution in [0, 0.1) is 6.42 Å². The SMILES string of the molecule is [CH]1/C=C/C=C\CCC/C=C/C/C=C/C1. The molecule has 1 aliphatic rings. The molecule has 1 rings (SSSR count). The van der Waals surface area contributed by atoms with E-state index in [0.29, 0.717) is 0 Å². The third-order valence-corrected chi connectivity index (χ3v) is 2.11. The average Bonchev–Trinajstić information content (AvgIpc) is 2.22. The average molecular weight is 187 g/mol. The van der Waals surface area contributed by atoms with Crippen molar-refractivity contribution < 1.29 is 0 Å². The first-order chi connectivity index (χ1) is 7.00. The molecule has 0 spiro atoms. The molecule has 0 N–H and O–H groups in total. The van der Waals surface area contributed by atoms with E-state index in [9.17, 15) is 0 Å². The first-order valence-corrected chi connectivity index (χ1v) is 5.45. The minimum Gasteiger partial charge on any atom is -0.0882 e. The van der Waals surface area contributed by atoms with E-state index >= 15 is 0 Å². The summed E-state index contributed by atoms with van der Waals surface area (Å²) in [6, 6.07) is 0. The Morgan fingerprint density at radius 1 is 0.571 bits per heavy atom. The second kappa shape index (κ2) is 8.55. The zero-order chi connectivity index (χ0) is 9.90. The Hall–Kier alpha value is -1.04. The van der Waals surface area contributed by atoms with Crippen LogP contribution in [0.5, 0.6) is 0 Å². The molecule has 0 bridgehead atoms. The van der Waals surface area contributed by atoms with Gasteiger partial charge in [0, 0.05) is 0 Å². The summed E-state index contributed by atoms with van der Waals surface area (Å²) in [6.45, 7) is 0. The fraction of sp³-hybridized carbons (Fsp3) is 0.357. The molecule has 0 fully saturated rings. The van der Waals surface area contributed by atoms with Gasteiger partial charge in [0.25, 0.3) is 0 Å². The minimum atomic E-state index is 1.04. The number of hydrogen-bond donors (Lipinski definition) is 0. The maximum absolute atomic E-state index is 2.28. The van der Waals surface area contributed by atoms with Crippen molar-refractivity contribution in [2.24, 2.45) is 0 Å². The normalized spacial score (nSPS) is 28.6. The maximum Gasteiger partial charge on any atom is -0.0130 e. The zero-order valence-corrected chi connectivity index (χ0v) is 8.73. The van der Waals surface area contributed by atoms with Crippen molar-refractivity contribution in [1.29, 1.82) is 0 Å². The summed E-state index contributed by atoms with van der Waals surface area (Å²) in [4.78, 5) is 0. The van der Waals surface area contributed by atoms with Crippen molar-refractivity contribution in [3.05, 3.63) is 55.0 Å². The quantitative estimate of drug-likeness (QED) is 0.494. The van der Waals surface area contributed by atoms with E-state index in [2.05, 4.69) is 55.0 Å². The highest BCUT2D eigenvalue weighted by atomic mass is 13.9. The predicted molar refractivity (Wildman–Crippen MR) is 63.9 cm³/mol. The van der Waals surface area contributed by atoms with Gasteiger partial charge in [-0.05, 0) is 38.5 Å². The van der Waals surface area contributed by atoms with Crippen LogP contribution in [-0.2, 0) is 0 Å². The van der Waals surface area contributed by atoms with E-state index in [1.807, 2.05) is 0 Å². The second-order valence-corrected chi connectivity index (χ2v) is 3.39. The van der Waals surface area contributed by atoms with E-state index in [-0.39, 0.29) is 0 Å². The molecule has 1 radical (unpaired) electrons.